The number of carbonyl (C=O) groups is 1. The van der Waals surface area contributed by atoms with Gasteiger partial charge in [0.1, 0.15) is 5.82 Å². The highest BCUT2D eigenvalue weighted by Gasteiger charge is 2.27. The van der Waals surface area contributed by atoms with Crippen LogP contribution in [0.4, 0.5) is 4.39 Å². The van der Waals surface area contributed by atoms with Crippen molar-refractivity contribution in [3.05, 3.63) is 59.9 Å². The Kier molecular flexibility index (Phi) is 7.64. The third-order valence-corrected chi connectivity index (χ3v) is 5.86. The Labute approximate surface area is 178 Å². The number of piperazine rings is 1. The maximum absolute atomic E-state index is 13.1. The molecule has 2 aliphatic rings. The standard InChI is InChI=1S/C23H27FN2O2.ClH/c24-21-7-5-20(6-8-21)19-3-1-18(2-4-19)17-23(27)26-13-11-25(12-14-26)22-9-15-28-16-10-22;/h1-8,22H,9-17H2;1H. The van der Waals surface area contributed by atoms with Crippen molar-refractivity contribution < 1.29 is 13.9 Å². The topological polar surface area (TPSA) is 32.8 Å². The van der Waals surface area contributed by atoms with E-state index in [1.54, 1.807) is 12.1 Å². The van der Waals surface area contributed by atoms with Crippen molar-refractivity contribution in [3.8, 4) is 11.1 Å². The summed E-state index contributed by atoms with van der Waals surface area (Å²) in [4.78, 5) is 17.2. The van der Waals surface area contributed by atoms with Gasteiger partial charge in [0.25, 0.3) is 0 Å². The van der Waals surface area contributed by atoms with Crippen LogP contribution in [-0.2, 0) is 16.0 Å². The van der Waals surface area contributed by atoms with E-state index in [9.17, 15) is 9.18 Å². The van der Waals surface area contributed by atoms with E-state index in [1.165, 1.54) is 12.1 Å². The number of carbonyl (C=O) groups excluding carboxylic acids is 1. The average molecular weight is 419 g/mol. The summed E-state index contributed by atoms with van der Waals surface area (Å²) in [7, 11) is 0. The summed E-state index contributed by atoms with van der Waals surface area (Å²) >= 11 is 0. The Morgan fingerprint density at radius 3 is 2.03 bits per heavy atom. The first-order valence-electron chi connectivity index (χ1n) is 10.1. The third-order valence-electron chi connectivity index (χ3n) is 5.86. The lowest BCUT2D eigenvalue weighted by molar-refractivity contribution is -0.132. The molecule has 2 saturated heterocycles. The molecule has 0 radical (unpaired) electrons. The molecule has 0 unspecified atom stereocenters. The number of rotatable bonds is 4. The molecule has 6 heteroatoms. The second-order valence-corrected chi connectivity index (χ2v) is 7.64. The van der Waals surface area contributed by atoms with Crippen LogP contribution >= 0.6 is 12.4 Å². The highest BCUT2D eigenvalue weighted by molar-refractivity contribution is 5.85. The van der Waals surface area contributed by atoms with Crippen LogP contribution in [0.2, 0.25) is 0 Å². The quantitative estimate of drug-likeness (QED) is 0.757. The lowest BCUT2D eigenvalue weighted by Gasteiger charge is -2.40. The number of hydrogen-bond donors (Lipinski definition) is 0. The van der Waals surface area contributed by atoms with Gasteiger partial charge in [0.05, 0.1) is 6.42 Å². The molecule has 2 heterocycles. The fraction of sp³-hybridized carbons (Fsp3) is 0.435. The molecule has 0 aliphatic carbocycles. The largest absolute Gasteiger partial charge is 0.381 e. The third kappa shape index (κ3) is 5.56. The van der Waals surface area contributed by atoms with E-state index in [4.69, 9.17) is 4.74 Å². The number of ether oxygens (including phenoxy) is 1. The van der Waals surface area contributed by atoms with Crippen molar-refractivity contribution in [1.29, 1.82) is 0 Å². The maximum atomic E-state index is 13.1. The first kappa shape index (κ1) is 21.8. The second-order valence-electron chi connectivity index (χ2n) is 7.64. The number of hydrogen-bond acceptors (Lipinski definition) is 3. The molecule has 2 aliphatic heterocycles. The van der Waals surface area contributed by atoms with Crippen molar-refractivity contribution in [2.45, 2.75) is 25.3 Å². The molecule has 2 fully saturated rings. The highest BCUT2D eigenvalue weighted by Crippen LogP contribution is 2.21. The van der Waals surface area contributed by atoms with E-state index >= 15 is 0 Å². The van der Waals surface area contributed by atoms with Crippen molar-refractivity contribution in [3.63, 3.8) is 0 Å². The van der Waals surface area contributed by atoms with E-state index in [0.717, 1.165) is 68.9 Å². The smallest absolute Gasteiger partial charge is 0.227 e. The first-order chi connectivity index (χ1) is 13.7. The Morgan fingerprint density at radius 1 is 0.897 bits per heavy atom. The van der Waals surface area contributed by atoms with Crippen LogP contribution in [0.1, 0.15) is 18.4 Å². The van der Waals surface area contributed by atoms with Crippen LogP contribution < -0.4 is 0 Å². The average Bonchev–Trinajstić information content (AvgIpc) is 2.76. The monoisotopic (exact) mass is 418 g/mol. The fourth-order valence-electron chi connectivity index (χ4n) is 4.13. The second kappa shape index (κ2) is 10.2. The van der Waals surface area contributed by atoms with E-state index in [0.29, 0.717) is 12.5 Å². The minimum Gasteiger partial charge on any atom is -0.381 e. The highest BCUT2D eigenvalue weighted by atomic mass is 35.5. The van der Waals surface area contributed by atoms with E-state index in [-0.39, 0.29) is 24.1 Å². The van der Waals surface area contributed by atoms with Gasteiger partial charge in [-0.2, -0.15) is 0 Å². The molecule has 2 aromatic carbocycles. The molecule has 0 spiro atoms. The van der Waals surface area contributed by atoms with E-state index in [1.807, 2.05) is 29.2 Å². The van der Waals surface area contributed by atoms with Crippen LogP contribution in [0.3, 0.4) is 0 Å². The Balaban J connectivity index is 0.00000240. The summed E-state index contributed by atoms with van der Waals surface area (Å²) in [6, 6.07) is 15.1. The molecule has 4 nitrogen and oxygen atoms in total. The van der Waals surface area contributed by atoms with Gasteiger partial charge < -0.3 is 9.64 Å². The number of halogens is 2. The summed E-state index contributed by atoms with van der Waals surface area (Å²) in [5.74, 6) is -0.0379. The van der Waals surface area contributed by atoms with Crippen LogP contribution in [0, 0.1) is 5.82 Å². The molecule has 4 rings (SSSR count). The summed E-state index contributed by atoms with van der Waals surface area (Å²) in [6.07, 6.45) is 2.64. The minimum absolute atomic E-state index is 0. The predicted molar refractivity (Wildman–Crippen MR) is 115 cm³/mol. The van der Waals surface area contributed by atoms with Gasteiger partial charge in [0, 0.05) is 45.4 Å². The number of benzene rings is 2. The fourth-order valence-corrected chi connectivity index (χ4v) is 4.13. The Hall–Kier alpha value is -1.95. The summed E-state index contributed by atoms with van der Waals surface area (Å²) < 4.78 is 18.5. The first-order valence-corrected chi connectivity index (χ1v) is 10.1. The van der Waals surface area contributed by atoms with E-state index < -0.39 is 0 Å². The SMILES string of the molecule is Cl.O=C(Cc1ccc(-c2ccc(F)cc2)cc1)N1CCN(C2CCOCC2)CC1. The normalized spacial score (nSPS) is 18.3. The van der Waals surface area contributed by atoms with Gasteiger partial charge in [-0.05, 0) is 41.7 Å². The molecule has 2 aromatic rings. The molecule has 0 N–H and O–H groups in total. The van der Waals surface area contributed by atoms with Gasteiger partial charge >= 0.3 is 0 Å². The van der Waals surface area contributed by atoms with Gasteiger partial charge in [0.15, 0.2) is 0 Å². The van der Waals surface area contributed by atoms with Crippen molar-refractivity contribution >= 4 is 18.3 Å². The summed E-state index contributed by atoms with van der Waals surface area (Å²) in [6.45, 7) is 5.25. The molecule has 29 heavy (non-hydrogen) atoms. The van der Waals surface area contributed by atoms with Gasteiger partial charge in [-0.1, -0.05) is 36.4 Å². The molecule has 156 valence electrons. The maximum Gasteiger partial charge on any atom is 0.227 e. The lowest BCUT2D eigenvalue weighted by Crippen LogP contribution is -2.53. The van der Waals surface area contributed by atoms with Gasteiger partial charge in [-0.15, -0.1) is 12.4 Å². The molecule has 0 bridgehead atoms. The zero-order valence-corrected chi connectivity index (χ0v) is 17.4. The van der Waals surface area contributed by atoms with Crippen LogP contribution in [0.5, 0.6) is 0 Å². The van der Waals surface area contributed by atoms with Gasteiger partial charge in [-0.3, -0.25) is 9.69 Å². The van der Waals surface area contributed by atoms with Crippen LogP contribution in [-0.4, -0.2) is 61.1 Å². The van der Waals surface area contributed by atoms with Gasteiger partial charge in [-0.25, -0.2) is 4.39 Å². The predicted octanol–water partition coefficient (Wildman–Crippen LogP) is 3.78. The number of amides is 1. The Morgan fingerprint density at radius 2 is 1.45 bits per heavy atom. The molecular weight excluding hydrogens is 391 g/mol. The van der Waals surface area contributed by atoms with Crippen LogP contribution in [0.25, 0.3) is 11.1 Å². The Bertz CT molecular complexity index is 784. The van der Waals surface area contributed by atoms with Crippen molar-refractivity contribution in [2.24, 2.45) is 0 Å². The zero-order valence-electron chi connectivity index (χ0n) is 16.6. The van der Waals surface area contributed by atoms with Crippen LogP contribution in [0.15, 0.2) is 48.5 Å². The lowest BCUT2D eigenvalue weighted by atomic mass is 10.0. The minimum atomic E-state index is -0.233. The summed E-state index contributed by atoms with van der Waals surface area (Å²) in [5.41, 5.74) is 3.02. The number of nitrogens with zero attached hydrogens (tertiary/aromatic N) is 2. The van der Waals surface area contributed by atoms with Crippen molar-refractivity contribution in [2.75, 3.05) is 39.4 Å². The van der Waals surface area contributed by atoms with E-state index in [2.05, 4.69) is 4.90 Å². The molecular formula is C23H28ClFN2O2. The molecule has 0 saturated carbocycles. The zero-order chi connectivity index (χ0) is 19.3. The summed E-state index contributed by atoms with van der Waals surface area (Å²) in [5, 5.41) is 0. The van der Waals surface area contributed by atoms with Crippen molar-refractivity contribution in [1.82, 2.24) is 9.80 Å². The molecule has 0 aromatic heterocycles. The molecule has 1 amide bonds. The molecule has 0 atom stereocenters. The van der Waals surface area contributed by atoms with Gasteiger partial charge in [0.2, 0.25) is 5.91 Å².